The second kappa shape index (κ2) is 8.20. The smallest absolute Gasteiger partial charge is 0.271 e. The van der Waals surface area contributed by atoms with Crippen LogP contribution in [0.5, 0.6) is 5.88 Å². The van der Waals surface area contributed by atoms with Crippen LogP contribution >= 0.6 is 34.5 Å². The largest absolute Gasteiger partial charge is 0.494 e. The molecule has 2 aromatic carbocycles. The third kappa shape index (κ3) is 3.51. The van der Waals surface area contributed by atoms with E-state index in [-0.39, 0.29) is 33.1 Å². The van der Waals surface area contributed by atoms with Crippen molar-refractivity contribution in [1.82, 2.24) is 4.57 Å². The number of aromatic hydroxyl groups is 1. The van der Waals surface area contributed by atoms with Gasteiger partial charge in [-0.2, -0.15) is 5.26 Å². The highest BCUT2D eigenvalue weighted by atomic mass is 35.5. The van der Waals surface area contributed by atoms with Gasteiger partial charge < -0.3 is 5.11 Å². The third-order valence-electron chi connectivity index (χ3n) is 5.02. The highest BCUT2D eigenvalue weighted by Crippen LogP contribution is 2.41. The number of carbonyl (C=O) groups is 1. The Morgan fingerprint density at radius 2 is 1.87 bits per heavy atom. The van der Waals surface area contributed by atoms with Gasteiger partial charge in [-0.3, -0.25) is 14.2 Å². The third-order valence-corrected chi connectivity index (χ3v) is 6.98. The number of aromatic nitrogens is 1. The van der Waals surface area contributed by atoms with Crippen molar-refractivity contribution in [1.29, 1.82) is 5.26 Å². The zero-order valence-electron chi connectivity index (χ0n) is 16.1. The fourth-order valence-corrected chi connectivity index (χ4v) is 5.37. The molecule has 0 spiro atoms. The summed E-state index contributed by atoms with van der Waals surface area (Å²) in [6.45, 7) is 1.47. The van der Waals surface area contributed by atoms with Gasteiger partial charge in [0.2, 0.25) is 11.7 Å². The molecule has 2 heterocycles. The molecule has 0 aliphatic carbocycles. The van der Waals surface area contributed by atoms with Crippen LogP contribution in [0.1, 0.15) is 31.9 Å². The van der Waals surface area contributed by atoms with Crippen molar-refractivity contribution < 1.29 is 9.90 Å². The lowest BCUT2D eigenvalue weighted by Crippen LogP contribution is -2.27. The molecule has 4 aromatic rings. The molecule has 0 atom stereocenters. The molecular formula is C23H14Cl2N2O3S. The summed E-state index contributed by atoms with van der Waals surface area (Å²) in [5, 5.41) is 21.7. The number of benzene rings is 2. The normalized spacial score (nSPS) is 10.9. The second-order valence-electron chi connectivity index (χ2n) is 6.87. The molecule has 0 fully saturated rings. The first kappa shape index (κ1) is 21.1. The SMILES string of the molecule is Cc1c(C(=O)c2sc3cccc(Cl)c3c2Cl)c(O)n(Cc2ccccc2)c(=O)c1C#N. The van der Waals surface area contributed by atoms with E-state index in [0.717, 1.165) is 26.2 Å². The summed E-state index contributed by atoms with van der Waals surface area (Å²) >= 11 is 13.9. The Hall–Kier alpha value is -3.11. The van der Waals surface area contributed by atoms with Crippen molar-refractivity contribution in [3.8, 4) is 11.9 Å². The van der Waals surface area contributed by atoms with Crippen molar-refractivity contribution in [2.24, 2.45) is 0 Å². The Bertz CT molecular complexity index is 1450. The number of halogens is 2. The van der Waals surface area contributed by atoms with E-state index in [4.69, 9.17) is 23.2 Å². The van der Waals surface area contributed by atoms with Crippen LogP contribution in [-0.4, -0.2) is 15.5 Å². The topological polar surface area (TPSA) is 83.1 Å². The summed E-state index contributed by atoms with van der Waals surface area (Å²) in [6.07, 6.45) is 0. The number of rotatable bonds is 4. The quantitative estimate of drug-likeness (QED) is 0.398. The Balaban J connectivity index is 1.95. The van der Waals surface area contributed by atoms with Crippen molar-refractivity contribution in [3.05, 3.63) is 96.1 Å². The number of nitriles is 1. The molecule has 0 saturated carbocycles. The molecule has 5 nitrogen and oxygen atoms in total. The molecule has 2 aromatic heterocycles. The molecule has 4 rings (SSSR count). The summed E-state index contributed by atoms with van der Waals surface area (Å²) in [5.74, 6) is -1.08. The van der Waals surface area contributed by atoms with Gasteiger partial charge in [-0.25, -0.2) is 0 Å². The first-order chi connectivity index (χ1) is 14.8. The van der Waals surface area contributed by atoms with Gasteiger partial charge in [0.05, 0.1) is 27.0 Å². The van der Waals surface area contributed by atoms with E-state index in [1.807, 2.05) is 12.1 Å². The molecule has 0 amide bonds. The molecule has 0 unspecified atom stereocenters. The van der Waals surface area contributed by atoms with Crippen molar-refractivity contribution in [2.45, 2.75) is 13.5 Å². The van der Waals surface area contributed by atoms with E-state index in [9.17, 15) is 20.0 Å². The standard InChI is InChI=1S/C23H14Cl2N2O3S/c1-12-14(10-26)22(29)27(11-13-6-3-2-4-7-13)23(30)17(12)20(28)21-19(25)18-15(24)8-5-9-16(18)31-21/h2-9,30H,11H2,1H3. The highest BCUT2D eigenvalue weighted by molar-refractivity contribution is 7.22. The molecular weight excluding hydrogens is 455 g/mol. The lowest BCUT2D eigenvalue weighted by Gasteiger charge is -2.15. The number of fused-ring (bicyclic) bond motifs is 1. The van der Waals surface area contributed by atoms with Gasteiger partial charge in [-0.05, 0) is 30.2 Å². The van der Waals surface area contributed by atoms with Crippen molar-refractivity contribution in [3.63, 3.8) is 0 Å². The molecule has 1 N–H and O–H groups in total. The molecule has 8 heteroatoms. The van der Waals surface area contributed by atoms with Gasteiger partial charge in [-0.15, -0.1) is 11.3 Å². The van der Waals surface area contributed by atoms with Crippen molar-refractivity contribution in [2.75, 3.05) is 0 Å². The van der Waals surface area contributed by atoms with Gasteiger partial charge in [0.1, 0.15) is 11.6 Å². The minimum atomic E-state index is -0.664. The van der Waals surface area contributed by atoms with Gasteiger partial charge in [0, 0.05) is 10.1 Å². The number of nitrogens with zero attached hydrogens (tertiary/aromatic N) is 2. The van der Waals surface area contributed by atoms with Crippen LogP contribution in [0.2, 0.25) is 10.0 Å². The molecule has 154 valence electrons. The summed E-state index contributed by atoms with van der Waals surface area (Å²) in [6, 6.07) is 16.1. The van der Waals surface area contributed by atoms with Crippen LogP contribution < -0.4 is 5.56 Å². The van der Waals surface area contributed by atoms with Gasteiger partial charge in [0.25, 0.3) is 5.56 Å². The zero-order valence-corrected chi connectivity index (χ0v) is 18.5. The lowest BCUT2D eigenvalue weighted by atomic mass is 10.0. The number of carbonyl (C=O) groups excluding carboxylic acids is 1. The van der Waals surface area contributed by atoms with Gasteiger partial charge >= 0.3 is 0 Å². The predicted molar refractivity (Wildman–Crippen MR) is 123 cm³/mol. The average molecular weight is 469 g/mol. The minimum Gasteiger partial charge on any atom is -0.494 e. The van der Waals surface area contributed by atoms with Crippen molar-refractivity contribution >= 4 is 50.4 Å². The number of ketones is 1. The van der Waals surface area contributed by atoms with Gasteiger partial charge in [0.15, 0.2) is 0 Å². The molecule has 0 saturated heterocycles. The number of pyridine rings is 1. The lowest BCUT2D eigenvalue weighted by molar-refractivity contribution is 0.103. The van der Waals surface area contributed by atoms with Crippen LogP contribution in [0.25, 0.3) is 10.1 Å². The number of hydrogen-bond donors (Lipinski definition) is 1. The van der Waals surface area contributed by atoms with E-state index < -0.39 is 17.2 Å². The van der Waals surface area contributed by atoms with E-state index in [0.29, 0.717) is 10.4 Å². The minimum absolute atomic E-state index is 0.00667. The van der Waals surface area contributed by atoms with Gasteiger partial charge in [-0.1, -0.05) is 59.6 Å². The summed E-state index contributed by atoms with van der Waals surface area (Å²) in [7, 11) is 0. The maximum Gasteiger partial charge on any atom is 0.271 e. The first-order valence-corrected chi connectivity index (χ1v) is 10.7. The monoisotopic (exact) mass is 468 g/mol. The Kier molecular flexibility index (Phi) is 5.59. The van der Waals surface area contributed by atoms with E-state index in [1.54, 1.807) is 42.5 Å². The van der Waals surface area contributed by atoms with E-state index >= 15 is 0 Å². The van der Waals surface area contributed by atoms with Crippen LogP contribution in [0.4, 0.5) is 0 Å². The Morgan fingerprint density at radius 1 is 1.16 bits per heavy atom. The molecule has 0 bridgehead atoms. The van der Waals surface area contributed by atoms with E-state index in [2.05, 4.69) is 0 Å². The molecule has 31 heavy (non-hydrogen) atoms. The van der Waals surface area contributed by atoms with Crippen LogP contribution in [-0.2, 0) is 6.54 Å². The Labute approximate surface area is 191 Å². The average Bonchev–Trinajstić information content (AvgIpc) is 3.10. The first-order valence-electron chi connectivity index (χ1n) is 9.16. The maximum atomic E-state index is 13.5. The van der Waals surface area contributed by atoms with Crippen LogP contribution in [0, 0.1) is 18.3 Å². The van der Waals surface area contributed by atoms with Crippen LogP contribution in [0.15, 0.2) is 53.3 Å². The fraction of sp³-hybridized carbons (Fsp3) is 0.0870. The Morgan fingerprint density at radius 3 is 2.52 bits per heavy atom. The second-order valence-corrected chi connectivity index (χ2v) is 8.71. The predicted octanol–water partition coefficient (Wildman–Crippen LogP) is 5.53. The van der Waals surface area contributed by atoms with Crippen LogP contribution in [0.3, 0.4) is 0 Å². The van der Waals surface area contributed by atoms with E-state index in [1.165, 1.54) is 6.92 Å². The number of hydrogen-bond acceptors (Lipinski definition) is 5. The summed E-state index contributed by atoms with van der Waals surface area (Å²) in [4.78, 5) is 26.5. The molecule has 0 aliphatic heterocycles. The fourth-order valence-electron chi connectivity index (χ4n) is 3.47. The summed E-state index contributed by atoms with van der Waals surface area (Å²) in [5.41, 5.74) is -0.149. The maximum absolute atomic E-state index is 13.5. The highest BCUT2D eigenvalue weighted by Gasteiger charge is 2.28. The molecule has 0 aliphatic rings. The molecule has 0 radical (unpaired) electrons. The zero-order chi connectivity index (χ0) is 22.3. The summed E-state index contributed by atoms with van der Waals surface area (Å²) < 4.78 is 1.75. The number of thiophene rings is 1.